The predicted molar refractivity (Wildman–Crippen MR) is 74.6 cm³/mol. The van der Waals surface area contributed by atoms with Crippen molar-refractivity contribution in [2.45, 2.75) is 6.42 Å². The van der Waals surface area contributed by atoms with Crippen LogP contribution in [0.15, 0.2) is 60.7 Å². The van der Waals surface area contributed by atoms with Crippen molar-refractivity contribution < 1.29 is 4.74 Å². The molecular formula is C16H19NO. The summed E-state index contributed by atoms with van der Waals surface area (Å²) in [6.45, 7) is 1.30. The van der Waals surface area contributed by atoms with Crippen LogP contribution in [-0.2, 0) is 6.42 Å². The summed E-state index contributed by atoms with van der Waals surface area (Å²) in [7, 11) is 0. The fourth-order valence-corrected chi connectivity index (χ4v) is 1.89. The highest BCUT2D eigenvalue weighted by Crippen LogP contribution is 2.12. The molecule has 1 unspecified atom stereocenters. The lowest BCUT2D eigenvalue weighted by atomic mass is 10.0. The summed E-state index contributed by atoms with van der Waals surface area (Å²) in [6.07, 6.45) is 0.962. The van der Waals surface area contributed by atoms with Crippen LogP contribution in [0.4, 0.5) is 0 Å². The van der Waals surface area contributed by atoms with Gasteiger partial charge in [-0.1, -0.05) is 48.5 Å². The lowest BCUT2D eigenvalue weighted by molar-refractivity contribution is 0.252. The maximum atomic E-state index is 5.80. The van der Waals surface area contributed by atoms with Crippen LogP contribution in [0.1, 0.15) is 5.56 Å². The molecule has 2 rings (SSSR count). The summed E-state index contributed by atoms with van der Waals surface area (Å²) < 4.78 is 5.75. The summed E-state index contributed by atoms with van der Waals surface area (Å²) in [4.78, 5) is 0. The molecular weight excluding hydrogens is 222 g/mol. The summed E-state index contributed by atoms with van der Waals surface area (Å²) in [5, 5.41) is 0. The highest BCUT2D eigenvalue weighted by molar-refractivity contribution is 5.21. The minimum absolute atomic E-state index is 0.354. The van der Waals surface area contributed by atoms with Crippen LogP contribution in [-0.4, -0.2) is 13.2 Å². The van der Waals surface area contributed by atoms with Crippen molar-refractivity contribution in [3.05, 3.63) is 66.2 Å². The molecule has 2 heteroatoms. The highest BCUT2D eigenvalue weighted by Gasteiger charge is 2.08. The Hall–Kier alpha value is -1.80. The first-order valence-corrected chi connectivity index (χ1v) is 6.30. The smallest absolute Gasteiger partial charge is 0.119 e. The van der Waals surface area contributed by atoms with Crippen molar-refractivity contribution in [3.8, 4) is 5.75 Å². The molecule has 0 radical (unpaired) electrons. The lowest BCUT2D eigenvalue weighted by Crippen LogP contribution is -2.23. The molecule has 0 fully saturated rings. The quantitative estimate of drug-likeness (QED) is 0.844. The maximum absolute atomic E-state index is 5.80. The van der Waals surface area contributed by atoms with Crippen LogP contribution in [0.2, 0.25) is 0 Å². The van der Waals surface area contributed by atoms with E-state index in [2.05, 4.69) is 24.3 Å². The van der Waals surface area contributed by atoms with Crippen molar-refractivity contribution >= 4 is 0 Å². The van der Waals surface area contributed by atoms with Gasteiger partial charge in [0.25, 0.3) is 0 Å². The van der Waals surface area contributed by atoms with Gasteiger partial charge < -0.3 is 10.5 Å². The fourth-order valence-electron chi connectivity index (χ4n) is 1.89. The Morgan fingerprint density at radius 3 is 2.11 bits per heavy atom. The van der Waals surface area contributed by atoms with Gasteiger partial charge in [0.1, 0.15) is 5.75 Å². The van der Waals surface area contributed by atoms with E-state index in [1.54, 1.807) is 0 Å². The lowest BCUT2D eigenvalue weighted by Gasteiger charge is -2.15. The van der Waals surface area contributed by atoms with Gasteiger partial charge in [-0.25, -0.2) is 0 Å². The topological polar surface area (TPSA) is 35.2 Å². The van der Waals surface area contributed by atoms with Crippen LogP contribution in [0, 0.1) is 5.92 Å². The maximum Gasteiger partial charge on any atom is 0.119 e. The molecule has 18 heavy (non-hydrogen) atoms. The minimum Gasteiger partial charge on any atom is -0.493 e. The first-order valence-electron chi connectivity index (χ1n) is 6.30. The zero-order valence-electron chi connectivity index (χ0n) is 10.5. The first kappa shape index (κ1) is 12.7. The Morgan fingerprint density at radius 1 is 0.889 bits per heavy atom. The Morgan fingerprint density at radius 2 is 1.50 bits per heavy atom. The molecule has 2 aromatic rings. The third-order valence-electron chi connectivity index (χ3n) is 2.93. The van der Waals surface area contributed by atoms with Crippen molar-refractivity contribution in [1.29, 1.82) is 0 Å². The van der Waals surface area contributed by atoms with Crippen LogP contribution in [0.3, 0.4) is 0 Å². The Balaban J connectivity index is 1.86. The van der Waals surface area contributed by atoms with Crippen molar-refractivity contribution in [1.82, 2.24) is 0 Å². The molecule has 0 aliphatic carbocycles. The van der Waals surface area contributed by atoms with Crippen molar-refractivity contribution in [2.75, 3.05) is 13.2 Å². The summed E-state index contributed by atoms with van der Waals surface area (Å²) in [5.74, 6) is 1.26. The number of benzene rings is 2. The largest absolute Gasteiger partial charge is 0.493 e. The second kappa shape index (κ2) is 6.82. The number of nitrogens with two attached hydrogens (primary N) is 1. The van der Waals surface area contributed by atoms with Crippen molar-refractivity contribution in [3.63, 3.8) is 0 Å². The van der Waals surface area contributed by atoms with Gasteiger partial charge in [-0.3, -0.25) is 0 Å². The van der Waals surface area contributed by atoms with Gasteiger partial charge in [-0.05, 0) is 30.7 Å². The molecule has 0 aliphatic rings. The Kier molecular flexibility index (Phi) is 4.79. The zero-order chi connectivity index (χ0) is 12.6. The molecule has 2 nitrogen and oxygen atoms in total. The number of para-hydroxylation sites is 1. The molecule has 94 valence electrons. The average molecular weight is 241 g/mol. The normalized spacial score (nSPS) is 12.1. The van der Waals surface area contributed by atoms with Crippen LogP contribution in [0.25, 0.3) is 0 Å². The SMILES string of the molecule is NCC(COc1ccccc1)Cc1ccccc1. The Labute approximate surface area is 108 Å². The van der Waals surface area contributed by atoms with E-state index in [1.807, 2.05) is 36.4 Å². The molecule has 0 amide bonds. The summed E-state index contributed by atoms with van der Waals surface area (Å²) in [6, 6.07) is 20.3. The number of hydrogen-bond donors (Lipinski definition) is 1. The monoisotopic (exact) mass is 241 g/mol. The molecule has 0 spiro atoms. The Bertz CT molecular complexity index is 441. The minimum atomic E-state index is 0.354. The standard InChI is InChI=1S/C16H19NO/c17-12-15(11-14-7-3-1-4-8-14)13-18-16-9-5-2-6-10-16/h1-10,15H,11-13,17H2. The van der Waals surface area contributed by atoms with Gasteiger partial charge in [0.2, 0.25) is 0 Å². The van der Waals surface area contributed by atoms with Gasteiger partial charge in [-0.15, -0.1) is 0 Å². The fraction of sp³-hybridized carbons (Fsp3) is 0.250. The molecule has 0 heterocycles. The van der Waals surface area contributed by atoms with Gasteiger partial charge in [0.05, 0.1) is 6.61 Å². The molecule has 0 aromatic heterocycles. The molecule has 0 saturated heterocycles. The van der Waals surface area contributed by atoms with E-state index in [-0.39, 0.29) is 0 Å². The third-order valence-corrected chi connectivity index (χ3v) is 2.93. The van der Waals surface area contributed by atoms with Crippen LogP contribution < -0.4 is 10.5 Å². The predicted octanol–water partition coefficient (Wildman–Crippen LogP) is 2.88. The van der Waals surface area contributed by atoms with E-state index in [0.29, 0.717) is 19.1 Å². The molecule has 2 aromatic carbocycles. The summed E-state index contributed by atoms with van der Waals surface area (Å²) in [5.41, 5.74) is 7.11. The molecule has 2 N–H and O–H groups in total. The molecule has 0 bridgehead atoms. The van der Waals surface area contributed by atoms with Gasteiger partial charge in [0.15, 0.2) is 0 Å². The van der Waals surface area contributed by atoms with Gasteiger partial charge in [-0.2, -0.15) is 0 Å². The third kappa shape index (κ3) is 3.90. The second-order valence-electron chi connectivity index (χ2n) is 4.42. The molecule has 0 saturated carbocycles. The second-order valence-corrected chi connectivity index (χ2v) is 4.42. The van der Waals surface area contributed by atoms with E-state index >= 15 is 0 Å². The van der Waals surface area contributed by atoms with Gasteiger partial charge >= 0.3 is 0 Å². The summed E-state index contributed by atoms with van der Waals surface area (Å²) >= 11 is 0. The molecule has 0 aliphatic heterocycles. The number of ether oxygens (including phenoxy) is 1. The number of rotatable bonds is 6. The highest BCUT2D eigenvalue weighted by atomic mass is 16.5. The van der Waals surface area contributed by atoms with E-state index in [9.17, 15) is 0 Å². The van der Waals surface area contributed by atoms with E-state index in [4.69, 9.17) is 10.5 Å². The van der Waals surface area contributed by atoms with E-state index in [0.717, 1.165) is 12.2 Å². The molecule has 1 atom stereocenters. The van der Waals surface area contributed by atoms with E-state index in [1.165, 1.54) is 5.56 Å². The first-order chi connectivity index (χ1) is 8.88. The average Bonchev–Trinajstić information content (AvgIpc) is 2.45. The van der Waals surface area contributed by atoms with E-state index < -0.39 is 0 Å². The number of hydrogen-bond acceptors (Lipinski definition) is 2. The van der Waals surface area contributed by atoms with Crippen molar-refractivity contribution in [2.24, 2.45) is 11.7 Å². The van der Waals surface area contributed by atoms with Crippen LogP contribution >= 0.6 is 0 Å². The zero-order valence-corrected chi connectivity index (χ0v) is 10.5. The van der Waals surface area contributed by atoms with Crippen LogP contribution in [0.5, 0.6) is 5.75 Å². The van der Waals surface area contributed by atoms with Gasteiger partial charge in [0, 0.05) is 5.92 Å².